The first-order valence-electron chi connectivity index (χ1n) is 6.43. The standard InChI is InChI=1S/C15H19N3/c1-3-12-5-7-13(8-6-12)15(17-4-2)14-9-10-16-11-18-14/h5-11,15,17H,3-4H2,1-2H3. The minimum atomic E-state index is 0.143. The maximum Gasteiger partial charge on any atom is 0.115 e. The predicted molar refractivity (Wildman–Crippen MR) is 73.4 cm³/mol. The molecular formula is C15H19N3. The first-order chi connectivity index (χ1) is 8.85. The highest BCUT2D eigenvalue weighted by Gasteiger charge is 2.13. The van der Waals surface area contributed by atoms with Gasteiger partial charge in [-0.3, -0.25) is 0 Å². The van der Waals surface area contributed by atoms with Crippen LogP contribution in [0.4, 0.5) is 0 Å². The molecule has 0 amide bonds. The Bertz CT molecular complexity index is 465. The second kappa shape index (κ2) is 6.26. The average Bonchev–Trinajstić information content (AvgIpc) is 2.46. The Hall–Kier alpha value is -1.74. The number of hydrogen-bond donors (Lipinski definition) is 1. The summed E-state index contributed by atoms with van der Waals surface area (Å²) in [5.41, 5.74) is 3.61. The van der Waals surface area contributed by atoms with E-state index in [1.807, 2.05) is 6.07 Å². The molecular weight excluding hydrogens is 222 g/mol. The molecule has 94 valence electrons. The molecule has 3 heteroatoms. The van der Waals surface area contributed by atoms with E-state index >= 15 is 0 Å². The van der Waals surface area contributed by atoms with Crippen molar-refractivity contribution in [3.8, 4) is 0 Å². The van der Waals surface area contributed by atoms with Gasteiger partial charge in [0.2, 0.25) is 0 Å². The summed E-state index contributed by atoms with van der Waals surface area (Å²) >= 11 is 0. The van der Waals surface area contributed by atoms with Gasteiger partial charge >= 0.3 is 0 Å². The minimum absolute atomic E-state index is 0.143. The lowest BCUT2D eigenvalue weighted by atomic mass is 10.0. The largest absolute Gasteiger partial charge is 0.305 e. The normalized spacial score (nSPS) is 12.3. The van der Waals surface area contributed by atoms with Gasteiger partial charge < -0.3 is 5.32 Å². The van der Waals surface area contributed by atoms with Crippen LogP contribution in [-0.2, 0) is 6.42 Å². The lowest BCUT2D eigenvalue weighted by molar-refractivity contribution is 0.613. The molecule has 0 saturated carbocycles. The first kappa shape index (κ1) is 12.7. The van der Waals surface area contributed by atoms with E-state index in [1.165, 1.54) is 11.1 Å². The van der Waals surface area contributed by atoms with Gasteiger partial charge in [-0.2, -0.15) is 0 Å². The molecule has 0 aliphatic rings. The Balaban J connectivity index is 2.29. The topological polar surface area (TPSA) is 37.8 Å². The summed E-state index contributed by atoms with van der Waals surface area (Å²) in [6.07, 6.45) is 4.45. The van der Waals surface area contributed by atoms with Crippen LogP contribution in [0.15, 0.2) is 42.9 Å². The monoisotopic (exact) mass is 241 g/mol. The second-order valence-corrected chi connectivity index (χ2v) is 4.22. The van der Waals surface area contributed by atoms with Gasteiger partial charge in [-0.05, 0) is 30.2 Å². The van der Waals surface area contributed by atoms with Gasteiger partial charge in [-0.1, -0.05) is 38.1 Å². The number of aromatic nitrogens is 2. The van der Waals surface area contributed by atoms with Gasteiger partial charge in [-0.15, -0.1) is 0 Å². The zero-order valence-electron chi connectivity index (χ0n) is 10.9. The van der Waals surface area contributed by atoms with Crippen LogP contribution in [-0.4, -0.2) is 16.5 Å². The van der Waals surface area contributed by atoms with Crippen molar-refractivity contribution in [1.29, 1.82) is 0 Å². The van der Waals surface area contributed by atoms with Crippen LogP contribution >= 0.6 is 0 Å². The molecule has 1 atom stereocenters. The number of benzene rings is 1. The molecule has 0 radical (unpaired) electrons. The maximum absolute atomic E-state index is 4.34. The van der Waals surface area contributed by atoms with E-state index in [2.05, 4.69) is 53.4 Å². The van der Waals surface area contributed by atoms with Crippen molar-refractivity contribution in [2.75, 3.05) is 6.54 Å². The lowest BCUT2D eigenvalue weighted by Gasteiger charge is -2.17. The molecule has 0 spiro atoms. The molecule has 1 heterocycles. The molecule has 1 unspecified atom stereocenters. The number of nitrogens with zero attached hydrogens (tertiary/aromatic N) is 2. The SMILES string of the molecule is CCNC(c1ccc(CC)cc1)c1ccncn1. The van der Waals surface area contributed by atoms with Gasteiger partial charge in [0.25, 0.3) is 0 Å². The van der Waals surface area contributed by atoms with E-state index in [4.69, 9.17) is 0 Å². The smallest absolute Gasteiger partial charge is 0.115 e. The zero-order valence-corrected chi connectivity index (χ0v) is 10.9. The lowest BCUT2D eigenvalue weighted by Crippen LogP contribution is -2.22. The van der Waals surface area contributed by atoms with Crippen LogP contribution < -0.4 is 5.32 Å². The van der Waals surface area contributed by atoms with Gasteiger partial charge in [0.05, 0.1) is 11.7 Å². The summed E-state index contributed by atoms with van der Waals surface area (Å²) in [4.78, 5) is 8.31. The van der Waals surface area contributed by atoms with Crippen LogP contribution in [0, 0.1) is 0 Å². The first-order valence-corrected chi connectivity index (χ1v) is 6.43. The summed E-state index contributed by atoms with van der Waals surface area (Å²) in [6, 6.07) is 10.8. The Labute approximate surface area is 108 Å². The Kier molecular flexibility index (Phi) is 4.42. The maximum atomic E-state index is 4.34. The van der Waals surface area contributed by atoms with Crippen molar-refractivity contribution in [2.24, 2.45) is 0 Å². The summed E-state index contributed by atoms with van der Waals surface area (Å²) in [5, 5.41) is 3.46. The molecule has 0 aliphatic carbocycles. The van der Waals surface area contributed by atoms with Gasteiger partial charge in [0.1, 0.15) is 6.33 Å². The van der Waals surface area contributed by atoms with E-state index in [0.29, 0.717) is 0 Å². The van der Waals surface area contributed by atoms with Crippen molar-refractivity contribution in [3.63, 3.8) is 0 Å². The third kappa shape index (κ3) is 2.93. The van der Waals surface area contributed by atoms with E-state index in [0.717, 1.165) is 18.7 Å². The Morgan fingerprint density at radius 2 is 1.89 bits per heavy atom. The van der Waals surface area contributed by atoms with Crippen molar-refractivity contribution in [1.82, 2.24) is 15.3 Å². The number of rotatable bonds is 5. The van der Waals surface area contributed by atoms with E-state index < -0.39 is 0 Å². The average molecular weight is 241 g/mol. The van der Waals surface area contributed by atoms with Crippen LogP contribution in [0.3, 0.4) is 0 Å². The molecule has 2 rings (SSSR count). The highest BCUT2D eigenvalue weighted by atomic mass is 14.9. The van der Waals surface area contributed by atoms with Crippen molar-refractivity contribution >= 4 is 0 Å². The molecule has 2 aromatic rings. The van der Waals surface area contributed by atoms with Crippen molar-refractivity contribution in [3.05, 3.63) is 59.7 Å². The highest BCUT2D eigenvalue weighted by Crippen LogP contribution is 2.20. The molecule has 0 aliphatic heterocycles. The number of nitrogens with one attached hydrogen (secondary N) is 1. The van der Waals surface area contributed by atoms with Gasteiger partial charge in [0.15, 0.2) is 0 Å². The highest BCUT2D eigenvalue weighted by molar-refractivity contribution is 5.30. The minimum Gasteiger partial charge on any atom is -0.305 e. The summed E-state index contributed by atoms with van der Waals surface area (Å²) in [7, 11) is 0. The Morgan fingerprint density at radius 3 is 2.44 bits per heavy atom. The fraction of sp³-hybridized carbons (Fsp3) is 0.333. The van der Waals surface area contributed by atoms with E-state index in [-0.39, 0.29) is 6.04 Å². The summed E-state index contributed by atoms with van der Waals surface area (Å²) < 4.78 is 0. The number of aryl methyl sites for hydroxylation is 1. The van der Waals surface area contributed by atoms with Crippen molar-refractivity contribution in [2.45, 2.75) is 26.3 Å². The Morgan fingerprint density at radius 1 is 1.11 bits per heavy atom. The van der Waals surface area contributed by atoms with Crippen LogP contribution in [0.2, 0.25) is 0 Å². The van der Waals surface area contributed by atoms with Gasteiger partial charge in [-0.25, -0.2) is 9.97 Å². The summed E-state index contributed by atoms with van der Waals surface area (Å²) in [5.74, 6) is 0. The van der Waals surface area contributed by atoms with Gasteiger partial charge in [0, 0.05) is 6.20 Å². The molecule has 0 bridgehead atoms. The van der Waals surface area contributed by atoms with E-state index in [1.54, 1.807) is 12.5 Å². The second-order valence-electron chi connectivity index (χ2n) is 4.22. The molecule has 3 nitrogen and oxygen atoms in total. The van der Waals surface area contributed by atoms with E-state index in [9.17, 15) is 0 Å². The zero-order chi connectivity index (χ0) is 12.8. The quantitative estimate of drug-likeness (QED) is 0.874. The van der Waals surface area contributed by atoms with Crippen LogP contribution in [0.1, 0.15) is 36.7 Å². The van der Waals surface area contributed by atoms with Crippen molar-refractivity contribution < 1.29 is 0 Å². The number of hydrogen-bond acceptors (Lipinski definition) is 3. The van der Waals surface area contributed by atoms with Crippen LogP contribution in [0.25, 0.3) is 0 Å². The molecule has 18 heavy (non-hydrogen) atoms. The third-order valence-corrected chi connectivity index (χ3v) is 3.03. The fourth-order valence-corrected chi connectivity index (χ4v) is 2.01. The third-order valence-electron chi connectivity index (χ3n) is 3.03. The molecule has 0 fully saturated rings. The fourth-order valence-electron chi connectivity index (χ4n) is 2.01. The molecule has 1 aromatic heterocycles. The van der Waals surface area contributed by atoms with Crippen LogP contribution in [0.5, 0.6) is 0 Å². The molecule has 1 N–H and O–H groups in total. The molecule has 0 saturated heterocycles. The summed E-state index contributed by atoms with van der Waals surface area (Å²) in [6.45, 7) is 5.18. The molecule has 1 aromatic carbocycles. The predicted octanol–water partition coefficient (Wildman–Crippen LogP) is 2.74.